The van der Waals surface area contributed by atoms with Crippen LogP contribution in [0.4, 0.5) is 0 Å². The van der Waals surface area contributed by atoms with Crippen LogP contribution in [0, 0.1) is 0 Å². The molecule has 0 spiro atoms. The van der Waals surface area contributed by atoms with E-state index in [1.807, 2.05) is 6.92 Å². The topological polar surface area (TPSA) is 62.4 Å². The summed E-state index contributed by atoms with van der Waals surface area (Å²) in [4.78, 5) is 4.35. The van der Waals surface area contributed by atoms with E-state index in [0.717, 1.165) is 6.54 Å². The number of hydrogen-bond donors (Lipinski definition) is 3. The van der Waals surface area contributed by atoms with Crippen LogP contribution in [0.3, 0.4) is 0 Å². The quantitative estimate of drug-likeness (QED) is 0.322. The van der Waals surface area contributed by atoms with Gasteiger partial charge in [-0.15, -0.1) is 0 Å². The van der Waals surface area contributed by atoms with Crippen molar-refractivity contribution in [1.82, 2.24) is 10.7 Å². The maximum atomic E-state index is 5.34. The summed E-state index contributed by atoms with van der Waals surface area (Å²) in [6.07, 6.45) is 0. The lowest BCUT2D eigenvalue weighted by atomic mass is 10.0. The van der Waals surface area contributed by atoms with Gasteiger partial charge in [-0.05, 0) is 24.0 Å². The first-order valence-corrected chi connectivity index (χ1v) is 6.01. The third kappa shape index (κ3) is 4.44. The van der Waals surface area contributed by atoms with Gasteiger partial charge in [0, 0.05) is 6.54 Å². The summed E-state index contributed by atoms with van der Waals surface area (Å²) in [5, 5.41) is 3.05. The standard InChI is InChI=1S/C13H22N4/c1-4-15-13(17-14)16-9-11-5-7-12(8-6-11)10(2)3/h5-8,10H,4,9,14H2,1-3H3,(H2,15,16,17). The lowest BCUT2D eigenvalue weighted by Gasteiger charge is -2.08. The number of benzene rings is 1. The van der Waals surface area contributed by atoms with Crippen LogP contribution in [0.1, 0.15) is 37.8 Å². The predicted molar refractivity (Wildman–Crippen MR) is 72.7 cm³/mol. The molecule has 0 aromatic heterocycles. The first kappa shape index (κ1) is 13.5. The molecule has 0 aliphatic rings. The summed E-state index contributed by atoms with van der Waals surface area (Å²) < 4.78 is 0. The molecule has 0 heterocycles. The molecule has 4 nitrogen and oxygen atoms in total. The highest BCUT2D eigenvalue weighted by molar-refractivity contribution is 5.79. The Morgan fingerprint density at radius 2 is 1.94 bits per heavy atom. The Labute approximate surface area is 103 Å². The van der Waals surface area contributed by atoms with Crippen molar-refractivity contribution in [3.05, 3.63) is 35.4 Å². The second-order valence-corrected chi connectivity index (χ2v) is 4.24. The van der Waals surface area contributed by atoms with E-state index in [1.165, 1.54) is 11.1 Å². The fourth-order valence-electron chi connectivity index (χ4n) is 1.50. The molecule has 1 aromatic rings. The van der Waals surface area contributed by atoms with E-state index in [1.54, 1.807) is 0 Å². The summed E-state index contributed by atoms with van der Waals surface area (Å²) in [6, 6.07) is 8.52. The highest BCUT2D eigenvalue weighted by atomic mass is 15.3. The van der Waals surface area contributed by atoms with Gasteiger partial charge < -0.3 is 5.32 Å². The molecule has 0 saturated carbocycles. The lowest BCUT2D eigenvalue weighted by Crippen LogP contribution is -2.41. The largest absolute Gasteiger partial charge is 0.356 e. The summed E-state index contributed by atoms with van der Waals surface area (Å²) in [7, 11) is 0. The van der Waals surface area contributed by atoms with E-state index in [0.29, 0.717) is 18.4 Å². The molecule has 0 aliphatic heterocycles. The number of rotatable bonds is 4. The van der Waals surface area contributed by atoms with Crippen LogP contribution < -0.4 is 16.6 Å². The van der Waals surface area contributed by atoms with E-state index in [4.69, 9.17) is 5.84 Å². The van der Waals surface area contributed by atoms with Crippen molar-refractivity contribution >= 4 is 5.96 Å². The minimum absolute atomic E-state index is 0.565. The SMILES string of the molecule is CCNC(=NCc1ccc(C(C)C)cc1)NN. The Kier molecular flexibility index (Phi) is 5.49. The normalized spacial score (nSPS) is 11.7. The molecule has 4 heteroatoms. The summed E-state index contributed by atoms with van der Waals surface area (Å²) in [5.41, 5.74) is 5.07. The highest BCUT2D eigenvalue weighted by Gasteiger charge is 1.99. The summed E-state index contributed by atoms with van der Waals surface area (Å²) in [6.45, 7) is 7.81. The maximum absolute atomic E-state index is 5.34. The molecular formula is C13H22N4. The highest BCUT2D eigenvalue weighted by Crippen LogP contribution is 2.14. The zero-order valence-electron chi connectivity index (χ0n) is 10.8. The van der Waals surface area contributed by atoms with Crippen LogP contribution in [0.25, 0.3) is 0 Å². The molecule has 0 saturated heterocycles. The lowest BCUT2D eigenvalue weighted by molar-refractivity contribution is 0.848. The minimum Gasteiger partial charge on any atom is -0.356 e. The van der Waals surface area contributed by atoms with Gasteiger partial charge in [-0.1, -0.05) is 38.1 Å². The molecule has 0 radical (unpaired) electrons. The average Bonchev–Trinajstić information content (AvgIpc) is 2.35. The van der Waals surface area contributed by atoms with E-state index in [2.05, 4.69) is 53.8 Å². The fraction of sp³-hybridized carbons (Fsp3) is 0.462. The summed E-state index contributed by atoms with van der Waals surface area (Å²) in [5.74, 6) is 6.53. The van der Waals surface area contributed by atoms with Crippen molar-refractivity contribution in [2.24, 2.45) is 10.8 Å². The molecule has 0 fully saturated rings. The van der Waals surface area contributed by atoms with Gasteiger partial charge in [0.25, 0.3) is 0 Å². The van der Waals surface area contributed by atoms with Crippen LogP contribution in [0.2, 0.25) is 0 Å². The molecule has 1 aromatic carbocycles. The Morgan fingerprint density at radius 3 is 2.41 bits per heavy atom. The molecule has 0 bridgehead atoms. The number of guanidine groups is 1. The predicted octanol–water partition coefficient (Wildman–Crippen LogP) is 1.74. The van der Waals surface area contributed by atoms with Crippen molar-refractivity contribution < 1.29 is 0 Å². The minimum atomic E-state index is 0.565. The van der Waals surface area contributed by atoms with E-state index in [-0.39, 0.29) is 0 Å². The molecule has 0 atom stereocenters. The Balaban J connectivity index is 2.62. The van der Waals surface area contributed by atoms with Crippen molar-refractivity contribution in [3.63, 3.8) is 0 Å². The van der Waals surface area contributed by atoms with E-state index < -0.39 is 0 Å². The number of nitrogens with two attached hydrogens (primary N) is 1. The maximum Gasteiger partial charge on any atom is 0.206 e. The zero-order chi connectivity index (χ0) is 12.7. The Bertz CT molecular complexity index is 354. The second-order valence-electron chi connectivity index (χ2n) is 4.24. The van der Waals surface area contributed by atoms with Gasteiger partial charge in [-0.25, -0.2) is 10.8 Å². The van der Waals surface area contributed by atoms with E-state index in [9.17, 15) is 0 Å². The molecule has 0 unspecified atom stereocenters. The molecule has 1 rings (SSSR count). The number of hydrogen-bond acceptors (Lipinski definition) is 2. The van der Waals surface area contributed by atoms with Crippen LogP contribution in [0.5, 0.6) is 0 Å². The Morgan fingerprint density at radius 1 is 1.29 bits per heavy atom. The van der Waals surface area contributed by atoms with Crippen LogP contribution in [-0.2, 0) is 6.54 Å². The van der Waals surface area contributed by atoms with Gasteiger partial charge in [-0.3, -0.25) is 5.43 Å². The fourth-order valence-corrected chi connectivity index (χ4v) is 1.50. The molecule has 0 amide bonds. The molecule has 0 aliphatic carbocycles. The molecular weight excluding hydrogens is 212 g/mol. The van der Waals surface area contributed by atoms with Crippen LogP contribution >= 0.6 is 0 Å². The number of nitrogens with one attached hydrogen (secondary N) is 2. The molecule has 4 N–H and O–H groups in total. The summed E-state index contributed by atoms with van der Waals surface area (Å²) >= 11 is 0. The second kappa shape index (κ2) is 6.91. The smallest absolute Gasteiger partial charge is 0.206 e. The molecule has 94 valence electrons. The van der Waals surface area contributed by atoms with Gasteiger partial charge in [0.2, 0.25) is 5.96 Å². The first-order valence-electron chi connectivity index (χ1n) is 6.01. The average molecular weight is 234 g/mol. The third-order valence-corrected chi connectivity index (χ3v) is 2.55. The van der Waals surface area contributed by atoms with Crippen molar-refractivity contribution in [2.75, 3.05) is 6.54 Å². The van der Waals surface area contributed by atoms with Gasteiger partial charge in [0.1, 0.15) is 0 Å². The Hall–Kier alpha value is -1.55. The zero-order valence-corrected chi connectivity index (χ0v) is 10.8. The number of aliphatic imine (C=N–C) groups is 1. The van der Waals surface area contributed by atoms with Crippen molar-refractivity contribution in [3.8, 4) is 0 Å². The van der Waals surface area contributed by atoms with Crippen molar-refractivity contribution in [2.45, 2.75) is 33.2 Å². The first-order chi connectivity index (χ1) is 8.17. The van der Waals surface area contributed by atoms with Gasteiger partial charge >= 0.3 is 0 Å². The monoisotopic (exact) mass is 234 g/mol. The number of nitrogens with zero attached hydrogens (tertiary/aromatic N) is 1. The molecule has 17 heavy (non-hydrogen) atoms. The third-order valence-electron chi connectivity index (χ3n) is 2.55. The number of hydrazine groups is 1. The van der Waals surface area contributed by atoms with Gasteiger partial charge in [-0.2, -0.15) is 0 Å². The van der Waals surface area contributed by atoms with Crippen molar-refractivity contribution in [1.29, 1.82) is 0 Å². The van der Waals surface area contributed by atoms with Gasteiger partial charge in [0.05, 0.1) is 6.54 Å². The van der Waals surface area contributed by atoms with Crippen LogP contribution in [-0.4, -0.2) is 12.5 Å². The van der Waals surface area contributed by atoms with Gasteiger partial charge in [0.15, 0.2) is 0 Å². The van der Waals surface area contributed by atoms with E-state index >= 15 is 0 Å². The van der Waals surface area contributed by atoms with Crippen LogP contribution in [0.15, 0.2) is 29.3 Å².